The predicted molar refractivity (Wildman–Crippen MR) is 148 cm³/mol. The molecule has 0 aliphatic heterocycles. The van der Waals surface area contributed by atoms with Crippen LogP contribution in [0.1, 0.15) is 22.3 Å². The van der Waals surface area contributed by atoms with E-state index in [1.807, 2.05) is 61.5 Å². The maximum absolute atomic E-state index is 13.9. The molecule has 0 spiro atoms. The summed E-state index contributed by atoms with van der Waals surface area (Å²) in [7, 11) is -2.31. The molecule has 0 fully saturated rings. The number of nitrogens with zero attached hydrogens (tertiary/aromatic N) is 2. The van der Waals surface area contributed by atoms with Crippen molar-refractivity contribution in [1.29, 1.82) is 0 Å². The van der Waals surface area contributed by atoms with Gasteiger partial charge in [-0.15, -0.1) is 0 Å². The lowest BCUT2D eigenvalue weighted by Gasteiger charge is -2.33. The molecule has 196 valence electrons. The van der Waals surface area contributed by atoms with Gasteiger partial charge in [0.15, 0.2) is 0 Å². The number of carbonyl (C=O) groups excluding carboxylic acids is 2. The Bertz CT molecular complexity index is 1360. The van der Waals surface area contributed by atoms with E-state index < -0.39 is 28.5 Å². The standard InChI is InChI=1S/C28H32ClN3O4S/c1-20-10-8-9-13-23(20)18-31(26(28(34)30-3)17-22-11-6-5-7-12-22)27(33)19-32(37(4,35)36)25-15-14-24(29)16-21(25)2/h5-16,26H,17-19H2,1-4H3,(H,30,34). The quantitative estimate of drug-likeness (QED) is 0.418. The summed E-state index contributed by atoms with van der Waals surface area (Å²) in [5, 5.41) is 3.14. The minimum atomic E-state index is -3.83. The molecular weight excluding hydrogens is 510 g/mol. The Morgan fingerprint density at radius 1 is 0.946 bits per heavy atom. The van der Waals surface area contributed by atoms with Gasteiger partial charge in [0.05, 0.1) is 11.9 Å². The number of hydrogen-bond acceptors (Lipinski definition) is 4. The normalized spacial score (nSPS) is 12.0. The van der Waals surface area contributed by atoms with Gasteiger partial charge in [-0.1, -0.05) is 66.2 Å². The highest BCUT2D eigenvalue weighted by Crippen LogP contribution is 2.26. The Balaban J connectivity index is 2.06. The second-order valence-corrected chi connectivity index (χ2v) is 11.3. The highest BCUT2D eigenvalue weighted by atomic mass is 35.5. The Kier molecular flexibility index (Phi) is 9.34. The van der Waals surface area contributed by atoms with Crippen LogP contribution in [0, 0.1) is 13.8 Å². The monoisotopic (exact) mass is 541 g/mol. The fourth-order valence-electron chi connectivity index (χ4n) is 4.19. The zero-order chi connectivity index (χ0) is 27.2. The molecule has 0 bridgehead atoms. The number of amides is 2. The molecule has 0 radical (unpaired) electrons. The zero-order valence-corrected chi connectivity index (χ0v) is 23.0. The van der Waals surface area contributed by atoms with E-state index in [1.54, 1.807) is 25.1 Å². The van der Waals surface area contributed by atoms with Gasteiger partial charge < -0.3 is 10.2 Å². The molecule has 7 nitrogen and oxygen atoms in total. The number of halogens is 1. The summed E-state index contributed by atoms with van der Waals surface area (Å²) >= 11 is 6.08. The highest BCUT2D eigenvalue weighted by Gasteiger charge is 2.33. The van der Waals surface area contributed by atoms with Crippen LogP contribution in [0.25, 0.3) is 0 Å². The molecule has 9 heteroatoms. The van der Waals surface area contributed by atoms with Crippen molar-refractivity contribution in [2.75, 3.05) is 24.2 Å². The second-order valence-electron chi connectivity index (χ2n) is 8.97. The summed E-state index contributed by atoms with van der Waals surface area (Å²) in [5.41, 5.74) is 3.68. The van der Waals surface area contributed by atoms with E-state index in [-0.39, 0.29) is 18.9 Å². The Morgan fingerprint density at radius 2 is 1.59 bits per heavy atom. The minimum Gasteiger partial charge on any atom is -0.357 e. The van der Waals surface area contributed by atoms with Crippen LogP contribution in [0.4, 0.5) is 5.69 Å². The van der Waals surface area contributed by atoms with E-state index >= 15 is 0 Å². The van der Waals surface area contributed by atoms with Crippen LogP contribution in [0.3, 0.4) is 0 Å². The molecule has 1 unspecified atom stereocenters. The van der Waals surface area contributed by atoms with Crippen molar-refractivity contribution in [1.82, 2.24) is 10.2 Å². The molecule has 0 saturated heterocycles. The number of aryl methyl sites for hydroxylation is 2. The third kappa shape index (κ3) is 7.33. The van der Waals surface area contributed by atoms with Crippen molar-refractivity contribution in [3.8, 4) is 0 Å². The van der Waals surface area contributed by atoms with Gasteiger partial charge in [0.25, 0.3) is 0 Å². The first-order chi connectivity index (χ1) is 17.5. The summed E-state index contributed by atoms with van der Waals surface area (Å²) < 4.78 is 26.7. The number of hydrogen-bond donors (Lipinski definition) is 1. The van der Waals surface area contributed by atoms with Crippen LogP contribution in [-0.2, 0) is 32.6 Å². The Labute approximate surface area is 224 Å². The minimum absolute atomic E-state index is 0.146. The highest BCUT2D eigenvalue weighted by molar-refractivity contribution is 7.92. The SMILES string of the molecule is CNC(=O)C(Cc1ccccc1)N(Cc1ccccc1C)C(=O)CN(c1ccc(Cl)cc1C)S(C)(=O)=O. The lowest BCUT2D eigenvalue weighted by atomic mass is 10.0. The van der Waals surface area contributed by atoms with Crippen LogP contribution >= 0.6 is 11.6 Å². The van der Waals surface area contributed by atoms with Crippen molar-refractivity contribution < 1.29 is 18.0 Å². The molecule has 37 heavy (non-hydrogen) atoms. The summed E-state index contributed by atoms with van der Waals surface area (Å²) in [6.07, 6.45) is 1.33. The average molecular weight is 542 g/mol. The fourth-order valence-corrected chi connectivity index (χ4v) is 5.32. The van der Waals surface area contributed by atoms with Gasteiger partial charge in [-0.25, -0.2) is 8.42 Å². The molecule has 1 N–H and O–H groups in total. The Morgan fingerprint density at radius 3 is 2.19 bits per heavy atom. The molecule has 0 aromatic heterocycles. The number of rotatable bonds is 10. The molecule has 0 heterocycles. The van der Waals surface area contributed by atoms with Gasteiger partial charge in [-0.3, -0.25) is 13.9 Å². The largest absolute Gasteiger partial charge is 0.357 e. The van der Waals surface area contributed by atoms with Gasteiger partial charge in [0.1, 0.15) is 12.6 Å². The van der Waals surface area contributed by atoms with E-state index in [0.717, 1.165) is 27.3 Å². The topological polar surface area (TPSA) is 86.8 Å². The second kappa shape index (κ2) is 12.3. The number of likely N-dealkylation sites (N-methyl/N-ethyl adjacent to an activating group) is 1. The smallest absolute Gasteiger partial charge is 0.244 e. The van der Waals surface area contributed by atoms with Gasteiger partial charge >= 0.3 is 0 Å². The first kappa shape index (κ1) is 28.2. The molecule has 2 amide bonds. The number of carbonyl (C=O) groups is 2. The fraction of sp³-hybridized carbons (Fsp3) is 0.286. The van der Waals surface area contributed by atoms with E-state index in [0.29, 0.717) is 16.3 Å². The molecule has 3 rings (SSSR count). The first-order valence-electron chi connectivity index (χ1n) is 11.8. The zero-order valence-electron chi connectivity index (χ0n) is 21.4. The van der Waals surface area contributed by atoms with E-state index in [9.17, 15) is 18.0 Å². The van der Waals surface area contributed by atoms with Crippen molar-refractivity contribution in [2.45, 2.75) is 32.9 Å². The molecule has 1 atom stereocenters. The summed E-state index contributed by atoms with van der Waals surface area (Å²) in [6, 6.07) is 21.0. The van der Waals surface area contributed by atoms with Gasteiger partial charge in [0, 0.05) is 25.0 Å². The van der Waals surface area contributed by atoms with Crippen LogP contribution in [0.2, 0.25) is 5.02 Å². The lowest BCUT2D eigenvalue weighted by molar-refractivity contribution is -0.139. The molecule has 0 saturated carbocycles. The van der Waals surface area contributed by atoms with Crippen LogP contribution in [-0.4, -0.2) is 51.0 Å². The molecule has 3 aromatic carbocycles. The maximum Gasteiger partial charge on any atom is 0.244 e. The summed E-state index contributed by atoms with van der Waals surface area (Å²) in [5.74, 6) is -0.827. The molecule has 3 aromatic rings. The molecule has 0 aliphatic carbocycles. The third-order valence-electron chi connectivity index (χ3n) is 6.23. The number of anilines is 1. The average Bonchev–Trinajstić information content (AvgIpc) is 2.85. The van der Waals surface area contributed by atoms with E-state index in [4.69, 9.17) is 11.6 Å². The maximum atomic E-state index is 13.9. The van der Waals surface area contributed by atoms with Gasteiger partial charge in [-0.05, 0) is 54.3 Å². The third-order valence-corrected chi connectivity index (χ3v) is 7.59. The number of sulfonamides is 1. The van der Waals surface area contributed by atoms with Crippen LogP contribution in [0.15, 0.2) is 72.8 Å². The van der Waals surface area contributed by atoms with Crippen molar-refractivity contribution >= 4 is 39.1 Å². The van der Waals surface area contributed by atoms with Crippen molar-refractivity contribution in [3.05, 3.63) is 100 Å². The molecule has 0 aliphatic rings. The van der Waals surface area contributed by atoms with Crippen LogP contribution in [0.5, 0.6) is 0 Å². The summed E-state index contributed by atoms with van der Waals surface area (Å²) in [4.78, 5) is 28.5. The summed E-state index contributed by atoms with van der Waals surface area (Å²) in [6.45, 7) is 3.35. The van der Waals surface area contributed by atoms with Crippen LogP contribution < -0.4 is 9.62 Å². The van der Waals surface area contributed by atoms with Gasteiger partial charge in [0.2, 0.25) is 21.8 Å². The van der Waals surface area contributed by atoms with Crippen molar-refractivity contribution in [3.63, 3.8) is 0 Å². The predicted octanol–water partition coefficient (Wildman–Crippen LogP) is 4.11. The van der Waals surface area contributed by atoms with E-state index in [2.05, 4.69) is 5.32 Å². The van der Waals surface area contributed by atoms with Gasteiger partial charge in [-0.2, -0.15) is 0 Å². The van der Waals surface area contributed by atoms with Crippen molar-refractivity contribution in [2.24, 2.45) is 0 Å². The number of nitrogens with one attached hydrogen (secondary N) is 1. The Hall–Kier alpha value is -3.36. The van der Waals surface area contributed by atoms with E-state index in [1.165, 1.54) is 11.9 Å². The number of benzene rings is 3. The molecular formula is C28H32ClN3O4S. The first-order valence-corrected chi connectivity index (χ1v) is 14.1. The lowest BCUT2D eigenvalue weighted by Crippen LogP contribution is -2.53.